The van der Waals surface area contributed by atoms with Crippen LogP contribution in [0.2, 0.25) is 0 Å². The molecule has 0 spiro atoms. The summed E-state index contributed by atoms with van der Waals surface area (Å²) in [6.07, 6.45) is 3.54. The second kappa shape index (κ2) is 8.63. The number of nitrogens with zero attached hydrogens (tertiary/aromatic N) is 1. The predicted molar refractivity (Wildman–Crippen MR) is 97.5 cm³/mol. The van der Waals surface area contributed by atoms with Gasteiger partial charge in [0.1, 0.15) is 5.60 Å². The molecule has 1 saturated heterocycles. The van der Waals surface area contributed by atoms with Gasteiger partial charge in [0.15, 0.2) is 0 Å². The van der Waals surface area contributed by atoms with E-state index in [1.807, 2.05) is 19.9 Å². The molecule has 0 aromatic heterocycles. The van der Waals surface area contributed by atoms with Gasteiger partial charge in [0, 0.05) is 19.6 Å². The number of rotatable bonds is 6. The number of carbonyl (C=O) groups is 1. The smallest absolute Gasteiger partial charge is 0.251 e. The summed E-state index contributed by atoms with van der Waals surface area (Å²) in [5, 5.41) is 13.2. The maximum Gasteiger partial charge on any atom is 0.251 e. The number of nitrogens with one attached hydrogen (secondary N) is 1. The Bertz CT molecular complexity index is 514. The first-order chi connectivity index (χ1) is 11.4. The molecule has 1 heterocycles. The van der Waals surface area contributed by atoms with Crippen molar-refractivity contribution in [2.75, 3.05) is 19.6 Å². The SMILES string of the molecule is CC(C)C(C)(O)C(=O)NCC1CCCCN(Cc2ccccc2)C1. The lowest BCUT2D eigenvalue weighted by Gasteiger charge is -2.28. The Labute approximate surface area is 146 Å². The fraction of sp³-hybridized carbons (Fsp3) is 0.650. The van der Waals surface area contributed by atoms with Crippen LogP contribution in [0, 0.1) is 11.8 Å². The number of amides is 1. The van der Waals surface area contributed by atoms with E-state index in [1.165, 1.54) is 18.4 Å². The summed E-state index contributed by atoms with van der Waals surface area (Å²) in [6, 6.07) is 10.5. The highest BCUT2D eigenvalue weighted by atomic mass is 16.3. The molecule has 0 aliphatic carbocycles. The minimum Gasteiger partial charge on any atom is -0.380 e. The molecule has 4 nitrogen and oxygen atoms in total. The second-order valence-corrected chi connectivity index (χ2v) is 7.59. The Balaban J connectivity index is 1.87. The molecule has 0 bridgehead atoms. The molecule has 134 valence electrons. The number of hydrogen-bond acceptors (Lipinski definition) is 3. The fourth-order valence-electron chi connectivity index (χ4n) is 3.15. The van der Waals surface area contributed by atoms with Crippen LogP contribution >= 0.6 is 0 Å². The van der Waals surface area contributed by atoms with Gasteiger partial charge in [0.2, 0.25) is 0 Å². The van der Waals surface area contributed by atoms with Crippen LogP contribution in [0.1, 0.15) is 45.6 Å². The summed E-state index contributed by atoms with van der Waals surface area (Å²) in [5.41, 5.74) is 0.0407. The molecule has 2 atom stereocenters. The Morgan fingerprint density at radius 1 is 1.33 bits per heavy atom. The predicted octanol–water partition coefficient (Wildman–Crippen LogP) is 2.81. The molecule has 2 rings (SSSR count). The summed E-state index contributed by atoms with van der Waals surface area (Å²) >= 11 is 0. The Kier molecular flexibility index (Phi) is 6.81. The highest BCUT2D eigenvalue weighted by Crippen LogP contribution is 2.19. The third-order valence-corrected chi connectivity index (χ3v) is 5.24. The van der Waals surface area contributed by atoms with Gasteiger partial charge in [-0.05, 0) is 43.7 Å². The average Bonchev–Trinajstić information content (AvgIpc) is 2.78. The molecule has 1 aromatic rings. The first-order valence-electron chi connectivity index (χ1n) is 9.16. The third kappa shape index (κ3) is 5.32. The maximum absolute atomic E-state index is 12.2. The maximum atomic E-state index is 12.2. The van der Waals surface area contributed by atoms with Crippen molar-refractivity contribution in [2.24, 2.45) is 11.8 Å². The number of benzene rings is 1. The molecule has 0 saturated carbocycles. The highest BCUT2D eigenvalue weighted by molar-refractivity contribution is 5.84. The molecular formula is C20H32N2O2. The molecule has 1 aliphatic rings. The van der Waals surface area contributed by atoms with E-state index < -0.39 is 5.60 Å². The Hall–Kier alpha value is -1.39. The molecule has 4 heteroatoms. The normalized spacial score (nSPS) is 22.0. The number of carbonyl (C=O) groups excluding carboxylic acids is 1. The molecule has 2 unspecified atom stereocenters. The second-order valence-electron chi connectivity index (χ2n) is 7.59. The zero-order chi connectivity index (χ0) is 17.6. The summed E-state index contributed by atoms with van der Waals surface area (Å²) in [5.74, 6) is 0.0979. The van der Waals surface area contributed by atoms with Gasteiger partial charge >= 0.3 is 0 Å². The third-order valence-electron chi connectivity index (χ3n) is 5.24. The van der Waals surface area contributed by atoms with Gasteiger partial charge in [0.25, 0.3) is 5.91 Å². The van der Waals surface area contributed by atoms with E-state index in [0.29, 0.717) is 12.5 Å². The Morgan fingerprint density at radius 3 is 2.71 bits per heavy atom. The van der Waals surface area contributed by atoms with Gasteiger partial charge in [0.05, 0.1) is 0 Å². The summed E-state index contributed by atoms with van der Waals surface area (Å²) in [7, 11) is 0. The molecule has 1 aromatic carbocycles. The van der Waals surface area contributed by atoms with Crippen LogP contribution in [0.25, 0.3) is 0 Å². The van der Waals surface area contributed by atoms with Crippen molar-refractivity contribution in [3.8, 4) is 0 Å². The molecule has 1 aliphatic heterocycles. The zero-order valence-electron chi connectivity index (χ0n) is 15.3. The van der Waals surface area contributed by atoms with Crippen molar-refractivity contribution >= 4 is 5.91 Å². The van der Waals surface area contributed by atoms with E-state index in [0.717, 1.165) is 26.1 Å². The zero-order valence-corrected chi connectivity index (χ0v) is 15.3. The van der Waals surface area contributed by atoms with Crippen LogP contribution in [0.4, 0.5) is 0 Å². The number of likely N-dealkylation sites (tertiary alicyclic amines) is 1. The molecule has 2 N–H and O–H groups in total. The Morgan fingerprint density at radius 2 is 2.04 bits per heavy atom. The van der Waals surface area contributed by atoms with Crippen molar-refractivity contribution in [3.05, 3.63) is 35.9 Å². The lowest BCUT2D eigenvalue weighted by Crippen LogP contribution is -2.49. The van der Waals surface area contributed by atoms with E-state index in [9.17, 15) is 9.90 Å². The summed E-state index contributed by atoms with van der Waals surface area (Å²) in [4.78, 5) is 14.7. The van der Waals surface area contributed by atoms with Crippen LogP contribution < -0.4 is 5.32 Å². The van der Waals surface area contributed by atoms with Gasteiger partial charge in [-0.3, -0.25) is 9.69 Å². The van der Waals surface area contributed by atoms with Crippen LogP contribution in [0.15, 0.2) is 30.3 Å². The van der Waals surface area contributed by atoms with E-state index in [2.05, 4.69) is 34.5 Å². The van der Waals surface area contributed by atoms with Crippen LogP contribution in [-0.4, -0.2) is 41.1 Å². The quantitative estimate of drug-likeness (QED) is 0.842. The van der Waals surface area contributed by atoms with Crippen molar-refractivity contribution in [2.45, 2.75) is 52.2 Å². The van der Waals surface area contributed by atoms with Crippen molar-refractivity contribution in [1.29, 1.82) is 0 Å². The number of aliphatic hydroxyl groups is 1. The first kappa shape index (κ1) is 18.9. The minimum absolute atomic E-state index is 0.0961. The van der Waals surface area contributed by atoms with E-state index in [4.69, 9.17) is 0 Å². The van der Waals surface area contributed by atoms with Gasteiger partial charge < -0.3 is 10.4 Å². The molecule has 0 radical (unpaired) electrons. The van der Waals surface area contributed by atoms with Crippen molar-refractivity contribution in [1.82, 2.24) is 10.2 Å². The van der Waals surface area contributed by atoms with Crippen molar-refractivity contribution in [3.63, 3.8) is 0 Å². The molecule has 1 amide bonds. The lowest BCUT2D eigenvalue weighted by molar-refractivity contribution is -0.142. The van der Waals surface area contributed by atoms with Crippen LogP contribution in [0.5, 0.6) is 0 Å². The molecule has 1 fully saturated rings. The van der Waals surface area contributed by atoms with E-state index >= 15 is 0 Å². The largest absolute Gasteiger partial charge is 0.380 e. The van der Waals surface area contributed by atoms with Gasteiger partial charge in [-0.1, -0.05) is 50.6 Å². The summed E-state index contributed by atoms with van der Waals surface area (Å²) < 4.78 is 0. The molecule has 24 heavy (non-hydrogen) atoms. The van der Waals surface area contributed by atoms with Crippen LogP contribution in [-0.2, 0) is 11.3 Å². The van der Waals surface area contributed by atoms with E-state index in [1.54, 1.807) is 6.92 Å². The van der Waals surface area contributed by atoms with E-state index in [-0.39, 0.29) is 11.8 Å². The lowest BCUT2D eigenvalue weighted by atomic mass is 9.91. The monoisotopic (exact) mass is 332 g/mol. The van der Waals surface area contributed by atoms with Crippen molar-refractivity contribution < 1.29 is 9.90 Å². The topological polar surface area (TPSA) is 52.6 Å². The van der Waals surface area contributed by atoms with Gasteiger partial charge in [-0.15, -0.1) is 0 Å². The van der Waals surface area contributed by atoms with Crippen LogP contribution in [0.3, 0.4) is 0 Å². The first-order valence-corrected chi connectivity index (χ1v) is 9.16. The average molecular weight is 332 g/mol. The summed E-state index contributed by atoms with van der Waals surface area (Å²) in [6.45, 7) is 9.06. The van der Waals surface area contributed by atoms with Gasteiger partial charge in [-0.25, -0.2) is 0 Å². The fourth-order valence-corrected chi connectivity index (χ4v) is 3.15. The minimum atomic E-state index is -1.30. The number of hydrogen-bond donors (Lipinski definition) is 2. The standard InChI is InChI=1S/C20H32N2O2/c1-16(2)20(3,24)19(23)21-13-18-11-7-8-12-22(15-18)14-17-9-5-4-6-10-17/h4-6,9-10,16,18,24H,7-8,11-15H2,1-3H3,(H,21,23). The van der Waals surface area contributed by atoms with Gasteiger partial charge in [-0.2, -0.15) is 0 Å². The molecular weight excluding hydrogens is 300 g/mol. The highest BCUT2D eigenvalue weighted by Gasteiger charge is 2.34.